The van der Waals surface area contributed by atoms with E-state index >= 15 is 4.39 Å². The van der Waals surface area contributed by atoms with Gasteiger partial charge in [-0.15, -0.1) is 0 Å². The maximum Gasteiger partial charge on any atom is 0.255 e. The number of ketones is 2. The number of carbonyl (C=O) groups is 4. The zero-order chi connectivity index (χ0) is 29.3. The monoisotopic (exact) mass is 610 g/mol. The number of fused-ring (bicyclic) bond motifs is 3. The van der Waals surface area contributed by atoms with Gasteiger partial charge in [0, 0.05) is 25.6 Å². The Morgan fingerprint density at radius 3 is 2.31 bits per heavy atom. The zero-order valence-corrected chi connectivity index (χ0v) is 23.1. The summed E-state index contributed by atoms with van der Waals surface area (Å²) in [5, 5.41) is 46.8. The zero-order valence-electron chi connectivity index (χ0n) is 21.5. The maximum atomic E-state index is 15.6. The van der Waals surface area contributed by atoms with Crippen LogP contribution < -0.4 is 16.0 Å². The van der Waals surface area contributed by atoms with Gasteiger partial charge < -0.3 is 36.4 Å². The number of hydrogen-bond donors (Lipinski definition) is 6. The molecule has 0 bridgehead atoms. The van der Waals surface area contributed by atoms with E-state index in [0.29, 0.717) is 0 Å². The van der Waals surface area contributed by atoms with Crippen molar-refractivity contribution < 1.29 is 44.0 Å². The molecule has 210 valence electrons. The number of aliphatic hydroxyl groups is 3. The van der Waals surface area contributed by atoms with Crippen LogP contribution in [-0.2, 0) is 20.8 Å². The van der Waals surface area contributed by atoms with Crippen LogP contribution in [0, 0.1) is 17.7 Å². The highest BCUT2D eigenvalue weighted by molar-refractivity contribution is 9.09. The molecule has 0 spiro atoms. The van der Waals surface area contributed by atoms with Crippen molar-refractivity contribution in [1.29, 1.82) is 0 Å². The second-order valence-corrected chi connectivity index (χ2v) is 10.8. The van der Waals surface area contributed by atoms with Crippen molar-refractivity contribution in [2.75, 3.05) is 43.7 Å². The standard InChI is InChI=1S/C25H28BrFN4O8/c1-30(2)17-9-5-8-6-10-18(31(3)4)21(35)14(24(28)38)23(37)25(10,39)22(36)12(8)19(33)13(9)20(34)16(15(17)27)29-11(32)7-26/h8,10,18,34-36,39H,5-7H2,1-4H3,(H2,28,38)(H,29,32). The minimum atomic E-state index is -2.79. The number of phenolic OH excluding ortho intramolecular Hbond substituents is 1. The van der Waals surface area contributed by atoms with E-state index in [1.165, 1.54) is 38.0 Å². The highest BCUT2D eigenvalue weighted by Gasteiger charge is 2.63. The largest absolute Gasteiger partial charge is 0.510 e. The molecule has 0 radical (unpaired) electrons. The Balaban J connectivity index is 2.00. The number of nitrogens with two attached hydrogens (primary N) is 1. The molecule has 0 saturated heterocycles. The SMILES string of the molecule is CN(C)c1c(F)c(NC(=O)CBr)c(O)c2c1CC1CC3C(N(C)C)C(O)=C(C(N)=O)C(=O)C3(O)C(O)=C1C2=O. The Morgan fingerprint density at radius 1 is 1.18 bits per heavy atom. The fourth-order valence-corrected chi connectivity index (χ4v) is 6.23. The third kappa shape index (κ3) is 3.92. The van der Waals surface area contributed by atoms with Gasteiger partial charge in [-0.25, -0.2) is 4.39 Å². The number of alkyl halides is 1. The van der Waals surface area contributed by atoms with Crippen LogP contribution in [0.25, 0.3) is 0 Å². The van der Waals surface area contributed by atoms with Gasteiger partial charge in [-0.1, -0.05) is 15.9 Å². The van der Waals surface area contributed by atoms with Crippen molar-refractivity contribution in [3.05, 3.63) is 39.6 Å². The summed E-state index contributed by atoms with van der Waals surface area (Å²) >= 11 is 2.94. The van der Waals surface area contributed by atoms with Crippen LogP contribution in [0.4, 0.5) is 15.8 Å². The van der Waals surface area contributed by atoms with Crippen molar-refractivity contribution in [2.24, 2.45) is 17.6 Å². The Morgan fingerprint density at radius 2 is 1.79 bits per heavy atom. The summed E-state index contributed by atoms with van der Waals surface area (Å²) in [4.78, 5) is 54.1. The molecule has 1 aromatic rings. The van der Waals surface area contributed by atoms with Gasteiger partial charge >= 0.3 is 0 Å². The number of benzene rings is 1. The number of halogens is 2. The second-order valence-electron chi connectivity index (χ2n) is 10.3. The van der Waals surface area contributed by atoms with E-state index in [9.17, 15) is 39.6 Å². The number of allylic oxidation sites excluding steroid dienone is 1. The third-order valence-corrected chi connectivity index (χ3v) is 8.15. The number of likely N-dealkylation sites (N-methyl/N-ethyl adjacent to an activating group) is 1. The van der Waals surface area contributed by atoms with Gasteiger partial charge in [0.1, 0.15) is 22.8 Å². The van der Waals surface area contributed by atoms with Crippen LogP contribution in [0.15, 0.2) is 22.7 Å². The van der Waals surface area contributed by atoms with Crippen molar-refractivity contribution in [3.8, 4) is 5.75 Å². The molecule has 4 unspecified atom stereocenters. The highest BCUT2D eigenvalue weighted by atomic mass is 79.9. The van der Waals surface area contributed by atoms with Crippen LogP contribution in [0.1, 0.15) is 22.3 Å². The smallest absolute Gasteiger partial charge is 0.255 e. The summed E-state index contributed by atoms with van der Waals surface area (Å²) in [7, 11) is 6.06. The van der Waals surface area contributed by atoms with Gasteiger partial charge in [-0.05, 0) is 38.4 Å². The van der Waals surface area contributed by atoms with Gasteiger partial charge in [0.05, 0.1) is 22.6 Å². The number of hydrogen-bond acceptors (Lipinski definition) is 10. The Kier molecular flexibility index (Phi) is 7.02. The van der Waals surface area contributed by atoms with Crippen molar-refractivity contribution in [2.45, 2.75) is 24.5 Å². The average Bonchev–Trinajstić information content (AvgIpc) is 2.83. The van der Waals surface area contributed by atoms with Crippen LogP contribution in [-0.4, -0.2) is 93.9 Å². The molecule has 0 aromatic heterocycles. The number of rotatable bonds is 5. The first-order chi connectivity index (χ1) is 18.1. The van der Waals surface area contributed by atoms with Gasteiger partial charge in [0.15, 0.2) is 23.0 Å². The van der Waals surface area contributed by atoms with E-state index in [4.69, 9.17) is 5.73 Å². The van der Waals surface area contributed by atoms with E-state index < -0.39 is 92.3 Å². The lowest BCUT2D eigenvalue weighted by atomic mass is 9.58. The number of aromatic hydroxyl groups is 1. The number of amides is 2. The number of aliphatic hydroxyl groups excluding tert-OH is 2. The lowest BCUT2D eigenvalue weighted by molar-refractivity contribution is -0.148. The fourth-order valence-electron chi connectivity index (χ4n) is 6.09. The van der Waals surface area contributed by atoms with Crippen molar-refractivity contribution >= 4 is 50.7 Å². The molecule has 0 aliphatic heterocycles. The van der Waals surface area contributed by atoms with Crippen LogP contribution in [0.3, 0.4) is 0 Å². The summed E-state index contributed by atoms with van der Waals surface area (Å²) in [5.74, 6) is -10.0. The molecule has 1 aromatic carbocycles. The molecular formula is C25H28BrFN4O8. The summed E-state index contributed by atoms with van der Waals surface area (Å²) < 4.78 is 15.6. The number of nitrogens with zero attached hydrogens (tertiary/aromatic N) is 2. The minimum Gasteiger partial charge on any atom is -0.510 e. The summed E-state index contributed by atoms with van der Waals surface area (Å²) in [6.07, 6.45) is -0.234. The minimum absolute atomic E-state index is 0.0805. The lowest BCUT2D eigenvalue weighted by Gasteiger charge is -2.50. The topological polar surface area (TPSA) is 194 Å². The Bertz CT molecular complexity index is 1400. The molecule has 39 heavy (non-hydrogen) atoms. The number of carbonyl (C=O) groups excluding carboxylic acids is 4. The number of nitrogens with one attached hydrogen (secondary N) is 1. The number of Topliss-reactive ketones (excluding diaryl/α,β-unsaturated/α-hetero) is 2. The predicted molar refractivity (Wildman–Crippen MR) is 140 cm³/mol. The highest BCUT2D eigenvalue weighted by Crippen LogP contribution is 2.54. The molecule has 7 N–H and O–H groups in total. The van der Waals surface area contributed by atoms with Gasteiger partial charge in [-0.2, -0.15) is 0 Å². The second kappa shape index (κ2) is 9.61. The molecule has 12 nitrogen and oxygen atoms in total. The lowest BCUT2D eigenvalue weighted by Crippen LogP contribution is -2.63. The normalized spacial score (nSPS) is 26.3. The van der Waals surface area contributed by atoms with Crippen molar-refractivity contribution in [3.63, 3.8) is 0 Å². The molecule has 14 heteroatoms. The average molecular weight is 611 g/mol. The molecule has 0 saturated carbocycles. The summed E-state index contributed by atoms with van der Waals surface area (Å²) in [5.41, 5.74) is 0.189. The Hall–Kier alpha value is -3.49. The van der Waals surface area contributed by atoms with E-state index in [1.54, 1.807) is 0 Å². The third-order valence-electron chi connectivity index (χ3n) is 7.64. The van der Waals surface area contributed by atoms with Crippen LogP contribution in [0.2, 0.25) is 0 Å². The molecule has 4 rings (SSSR count). The van der Waals surface area contributed by atoms with Crippen LogP contribution in [0.5, 0.6) is 5.75 Å². The predicted octanol–water partition coefficient (Wildman–Crippen LogP) is 0.659. The molecule has 3 aliphatic carbocycles. The molecular weight excluding hydrogens is 583 g/mol. The number of phenols is 1. The number of primary amides is 1. The van der Waals surface area contributed by atoms with Gasteiger partial charge in [-0.3, -0.25) is 24.1 Å². The maximum absolute atomic E-state index is 15.6. The molecule has 4 atom stereocenters. The van der Waals surface area contributed by atoms with Crippen molar-refractivity contribution in [1.82, 2.24) is 4.90 Å². The fraction of sp³-hybridized carbons (Fsp3) is 0.440. The molecule has 0 fully saturated rings. The van der Waals surface area contributed by atoms with Gasteiger partial charge in [0.25, 0.3) is 5.91 Å². The van der Waals surface area contributed by atoms with Crippen LogP contribution >= 0.6 is 15.9 Å². The van der Waals surface area contributed by atoms with E-state index in [0.717, 1.165) is 0 Å². The number of anilines is 2. The first-order valence-electron chi connectivity index (χ1n) is 11.9. The summed E-state index contributed by atoms with van der Waals surface area (Å²) in [6.45, 7) is 0. The van der Waals surface area contributed by atoms with E-state index in [1.807, 2.05) is 0 Å². The molecule has 3 aliphatic rings. The first kappa shape index (κ1) is 28.5. The first-order valence-corrected chi connectivity index (χ1v) is 13.0. The quantitative estimate of drug-likeness (QED) is 0.157. The molecule has 0 heterocycles. The van der Waals surface area contributed by atoms with Gasteiger partial charge in [0.2, 0.25) is 11.7 Å². The van der Waals surface area contributed by atoms with E-state index in [-0.39, 0.29) is 29.4 Å². The Labute approximate surface area is 230 Å². The van der Waals surface area contributed by atoms with E-state index in [2.05, 4.69) is 21.2 Å². The summed E-state index contributed by atoms with van der Waals surface area (Å²) in [6, 6.07) is -1.14. The molecule has 2 amide bonds.